The van der Waals surface area contributed by atoms with Gasteiger partial charge in [0.05, 0.1) is 5.56 Å². The average Bonchev–Trinajstić information content (AvgIpc) is 2.41. The number of anilines is 2. The fourth-order valence-corrected chi connectivity index (χ4v) is 3.18. The molecule has 0 aromatic heterocycles. The predicted octanol–water partition coefficient (Wildman–Crippen LogP) is 3.59. The highest BCUT2D eigenvalue weighted by atomic mass is 16.4. The van der Waals surface area contributed by atoms with Crippen LogP contribution in [0.1, 0.15) is 49.9 Å². The van der Waals surface area contributed by atoms with Crippen molar-refractivity contribution in [1.29, 1.82) is 0 Å². The van der Waals surface area contributed by atoms with Crippen LogP contribution in [0.2, 0.25) is 0 Å². The number of hydrogen-bond donors (Lipinski definition) is 3. The quantitative estimate of drug-likeness (QED) is 0.734. The van der Waals surface area contributed by atoms with E-state index in [4.69, 9.17) is 10.8 Å². The Labute approximate surface area is 120 Å². The molecule has 0 saturated heterocycles. The van der Waals surface area contributed by atoms with E-state index in [0.29, 0.717) is 23.6 Å². The number of carbonyl (C=O) groups is 1. The molecule has 0 aliphatic heterocycles. The molecule has 0 heterocycles. The predicted molar refractivity (Wildman–Crippen MR) is 82.0 cm³/mol. The number of carboxylic acid groups (broad SMARTS) is 1. The van der Waals surface area contributed by atoms with Crippen molar-refractivity contribution in [1.82, 2.24) is 0 Å². The third kappa shape index (κ3) is 3.24. The molecule has 0 spiro atoms. The summed E-state index contributed by atoms with van der Waals surface area (Å²) in [6, 6.07) is 5.60. The van der Waals surface area contributed by atoms with Crippen LogP contribution < -0.4 is 11.1 Å². The van der Waals surface area contributed by atoms with Crippen molar-refractivity contribution in [3.8, 4) is 0 Å². The van der Waals surface area contributed by atoms with Gasteiger partial charge in [0.2, 0.25) is 0 Å². The third-order valence-electron chi connectivity index (χ3n) is 4.31. The van der Waals surface area contributed by atoms with E-state index in [1.165, 1.54) is 19.3 Å². The maximum absolute atomic E-state index is 11.1. The van der Waals surface area contributed by atoms with Gasteiger partial charge in [-0.25, -0.2) is 4.79 Å². The first kappa shape index (κ1) is 14.7. The lowest BCUT2D eigenvalue weighted by Gasteiger charge is -2.35. The van der Waals surface area contributed by atoms with Gasteiger partial charge in [-0.2, -0.15) is 0 Å². The summed E-state index contributed by atoms with van der Waals surface area (Å²) in [5, 5.41) is 12.6. The number of hydrogen-bond acceptors (Lipinski definition) is 3. The number of nitrogens with two attached hydrogens (primary N) is 1. The summed E-state index contributed by atoms with van der Waals surface area (Å²) in [5.41, 5.74) is 7.03. The molecule has 1 aliphatic carbocycles. The Morgan fingerprint density at radius 1 is 1.35 bits per heavy atom. The highest BCUT2D eigenvalue weighted by molar-refractivity contribution is 5.94. The summed E-state index contributed by atoms with van der Waals surface area (Å²) in [5.74, 6) is 0.310. The topological polar surface area (TPSA) is 75.3 Å². The molecule has 0 radical (unpaired) electrons. The Morgan fingerprint density at radius 3 is 2.70 bits per heavy atom. The molecule has 4 heteroatoms. The lowest BCUT2D eigenvalue weighted by molar-refractivity contribution is 0.0698. The smallest absolute Gasteiger partial charge is 0.337 e. The Kier molecular flexibility index (Phi) is 4.53. The number of benzene rings is 1. The molecule has 0 amide bonds. The minimum atomic E-state index is -0.977. The van der Waals surface area contributed by atoms with E-state index in [9.17, 15) is 4.79 Å². The van der Waals surface area contributed by atoms with E-state index >= 15 is 0 Å². The van der Waals surface area contributed by atoms with Crippen LogP contribution in [0.4, 0.5) is 11.4 Å². The summed E-state index contributed by atoms with van der Waals surface area (Å²) >= 11 is 0. The van der Waals surface area contributed by atoms with Gasteiger partial charge in [-0.1, -0.05) is 26.7 Å². The minimum Gasteiger partial charge on any atom is -0.478 e. The number of carboxylic acids is 1. The molecule has 1 aromatic rings. The van der Waals surface area contributed by atoms with Crippen molar-refractivity contribution < 1.29 is 9.90 Å². The number of aromatic carboxylic acids is 1. The zero-order valence-electron chi connectivity index (χ0n) is 12.2. The molecule has 4 N–H and O–H groups in total. The fraction of sp³-hybridized carbons (Fsp3) is 0.562. The molecular formula is C16H24N2O2. The van der Waals surface area contributed by atoms with Crippen molar-refractivity contribution in [3.63, 3.8) is 0 Å². The Bertz CT molecular complexity index is 485. The average molecular weight is 276 g/mol. The van der Waals surface area contributed by atoms with Gasteiger partial charge >= 0.3 is 5.97 Å². The van der Waals surface area contributed by atoms with Crippen molar-refractivity contribution in [2.75, 3.05) is 11.1 Å². The maximum atomic E-state index is 11.1. The largest absolute Gasteiger partial charge is 0.478 e. The molecule has 0 bridgehead atoms. The fourth-order valence-electron chi connectivity index (χ4n) is 3.18. The molecule has 2 atom stereocenters. The van der Waals surface area contributed by atoms with Gasteiger partial charge in [0, 0.05) is 17.4 Å². The molecule has 2 rings (SSSR count). The lowest BCUT2D eigenvalue weighted by atomic mass is 9.78. The van der Waals surface area contributed by atoms with Crippen molar-refractivity contribution in [2.45, 2.75) is 45.6 Å². The van der Waals surface area contributed by atoms with Gasteiger partial charge in [-0.3, -0.25) is 0 Å². The van der Waals surface area contributed by atoms with E-state index < -0.39 is 5.97 Å². The van der Waals surface area contributed by atoms with Gasteiger partial charge in [-0.15, -0.1) is 0 Å². The first-order valence-electron chi connectivity index (χ1n) is 7.38. The van der Waals surface area contributed by atoms with Crippen LogP contribution in [0.5, 0.6) is 0 Å². The van der Waals surface area contributed by atoms with Crippen LogP contribution in [0.3, 0.4) is 0 Å². The van der Waals surface area contributed by atoms with Gasteiger partial charge in [0.25, 0.3) is 0 Å². The molecule has 4 nitrogen and oxygen atoms in total. The summed E-state index contributed by atoms with van der Waals surface area (Å²) in [7, 11) is 0. The summed E-state index contributed by atoms with van der Waals surface area (Å²) < 4.78 is 0. The molecule has 1 aliphatic rings. The molecule has 1 aromatic carbocycles. The molecule has 1 fully saturated rings. The van der Waals surface area contributed by atoms with Crippen LogP contribution in [0.15, 0.2) is 18.2 Å². The molecule has 110 valence electrons. The molecular weight excluding hydrogens is 252 g/mol. The zero-order chi connectivity index (χ0) is 14.7. The lowest BCUT2D eigenvalue weighted by Crippen LogP contribution is -2.35. The van der Waals surface area contributed by atoms with Gasteiger partial charge in [0.1, 0.15) is 0 Å². The summed E-state index contributed by atoms with van der Waals surface area (Å²) in [4.78, 5) is 11.1. The first-order chi connectivity index (χ1) is 9.49. The highest BCUT2D eigenvalue weighted by Gasteiger charge is 2.27. The van der Waals surface area contributed by atoms with Gasteiger partial charge in [0.15, 0.2) is 0 Å². The van der Waals surface area contributed by atoms with Crippen LogP contribution in [0, 0.1) is 11.8 Å². The Morgan fingerprint density at radius 2 is 2.05 bits per heavy atom. The van der Waals surface area contributed by atoms with Crippen molar-refractivity contribution in [2.24, 2.45) is 11.8 Å². The summed E-state index contributed by atoms with van der Waals surface area (Å²) in [6.07, 6.45) is 4.93. The summed E-state index contributed by atoms with van der Waals surface area (Å²) in [6.45, 7) is 4.52. The van der Waals surface area contributed by atoms with Crippen LogP contribution in [-0.2, 0) is 0 Å². The third-order valence-corrected chi connectivity index (χ3v) is 4.31. The Hall–Kier alpha value is -1.71. The number of nitrogens with one attached hydrogen (secondary N) is 1. The van der Waals surface area contributed by atoms with Gasteiger partial charge in [-0.05, 0) is 42.9 Å². The van der Waals surface area contributed by atoms with E-state index in [-0.39, 0.29) is 5.56 Å². The molecule has 20 heavy (non-hydrogen) atoms. The second-order valence-corrected chi connectivity index (χ2v) is 6.05. The maximum Gasteiger partial charge on any atom is 0.337 e. The zero-order valence-corrected chi connectivity index (χ0v) is 12.2. The normalized spacial score (nSPS) is 22.8. The van der Waals surface area contributed by atoms with Crippen LogP contribution >= 0.6 is 0 Å². The van der Waals surface area contributed by atoms with E-state index in [1.54, 1.807) is 12.1 Å². The minimum absolute atomic E-state index is 0.173. The van der Waals surface area contributed by atoms with Crippen LogP contribution in [-0.4, -0.2) is 17.1 Å². The van der Waals surface area contributed by atoms with Crippen molar-refractivity contribution >= 4 is 17.3 Å². The van der Waals surface area contributed by atoms with Crippen LogP contribution in [0.25, 0.3) is 0 Å². The molecule has 1 saturated carbocycles. The Balaban J connectivity index is 2.16. The second-order valence-electron chi connectivity index (χ2n) is 6.05. The number of nitrogen functional groups attached to an aromatic ring is 1. The second kappa shape index (κ2) is 6.16. The first-order valence-corrected chi connectivity index (χ1v) is 7.38. The number of rotatable bonds is 4. The molecule has 2 unspecified atom stereocenters. The standard InChI is InChI=1S/C16H24N2O2/c1-10(2)12-5-3-4-6-15(12)18-11-7-8-14(17)13(9-11)16(19)20/h7-10,12,15,18H,3-6,17H2,1-2H3,(H,19,20). The van der Waals surface area contributed by atoms with Gasteiger partial charge < -0.3 is 16.2 Å². The van der Waals surface area contributed by atoms with E-state index in [2.05, 4.69) is 19.2 Å². The SMILES string of the molecule is CC(C)C1CCCCC1Nc1ccc(N)c(C(=O)O)c1. The van der Waals surface area contributed by atoms with Crippen molar-refractivity contribution in [3.05, 3.63) is 23.8 Å². The van der Waals surface area contributed by atoms with E-state index in [1.807, 2.05) is 6.07 Å². The van der Waals surface area contributed by atoms with E-state index in [0.717, 1.165) is 12.1 Å². The highest BCUT2D eigenvalue weighted by Crippen LogP contribution is 2.32. The monoisotopic (exact) mass is 276 g/mol.